The van der Waals surface area contributed by atoms with Crippen LogP contribution >= 0.6 is 34.5 Å². The molecule has 0 radical (unpaired) electrons. The first-order chi connectivity index (χ1) is 16.3. The van der Waals surface area contributed by atoms with E-state index in [-0.39, 0.29) is 17.3 Å². The highest BCUT2D eigenvalue weighted by molar-refractivity contribution is 7.22. The van der Waals surface area contributed by atoms with Crippen LogP contribution in [0.25, 0.3) is 10.2 Å². The molecule has 2 heterocycles. The molecule has 7 nitrogen and oxygen atoms in total. The molecule has 0 aliphatic rings. The number of rotatable bonds is 7. The van der Waals surface area contributed by atoms with Gasteiger partial charge < -0.3 is 14.0 Å². The van der Waals surface area contributed by atoms with Gasteiger partial charge in [-0.05, 0) is 49.7 Å². The van der Waals surface area contributed by atoms with Crippen molar-refractivity contribution in [3.63, 3.8) is 0 Å². The Morgan fingerprint density at radius 3 is 2.53 bits per heavy atom. The number of anilines is 1. The van der Waals surface area contributed by atoms with Crippen molar-refractivity contribution in [3.8, 4) is 5.75 Å². The second-order valence-corrected chi connectivity index (χ2v) is 9.17. The predicted octanol–water partition coefficient (Wildman–Crippen LogP) is 6.35. The molecular weight excluding hydrogens is 497 g/mol. The van der Waals surface area contributed by atoms with Crippen LogP contribution in [0, 0.1) is 6.92 Å². The molecule has 10 heteroatoms. The summed E-state index contributed by atoms with van der Waals surface area (Å²) in [4.78, 5) is 29.9. The standard InChI is InChI=1S/C24H21Cl2N3O4S/c1-4-29-13(2)19(25)20(26)21(29)22(30)28-24-27-17-10-7-15(11-18(17)34-24)23(31)33-12-14-5-8-16(32-3)9-6-14/h5-11H,4,12H2,1-3H3,(H,27,28,30). The zero-order valence-corrected chi connectivity index (χ0v) is 21.0. The monoisotopic (exact) mass is 517 g/mol. The van der Waals surface area contributed by atoms with Gasteiger partial charge in [0.15, 0.2) is 5.13 Å². The van der Waals surface area contributed by atoms with Gasteiger partial charge in [0.2, 0.25) is 0 Å². The van der Waals surface area contributed by atoms with Crippen LogP contribution in [0.2, 0.25) is 10.0 Å². The maximum absolute atomic E-state index is 12.9. The van der Waals surface area contributed by atoms with E-state index in [0.717, 1.165) is 21.7 Å². The number of halogens is 2. The Balaban J connectivity index is 1.48. The second-order valence-electron chi connectivity index (χ2n) is 7.39. The Bertz CT molecular complexity index is 1380. The normalized spacial score (nSPS) is 11.0. The molecule has 0 spiro atoms. The van der Waals surface area contributed by atoms with Crippen LogP contribution in [0.4, 0.5) is 5.13 Å². The van der Waals surface area contributed by atoms with Crippen molar-refractivity contribution in [3.05, 3.63) is 75.0 Å². The summed E-state index contributed by atoms with van der Waals surface area (Å²) in [6, 6.07) is 12.3. The molecule has 2 aromatic heterocycles. The minimum Gasteiger partial charge on any atom is -0.497 e. The minimum atomic E-state index is -0.450. The number of benzene rings is 2. The zero-order valence-electron chi connectivity index (χ0n) is 18.6. The first-order valence-corrected chi connectivity index (χ1v) is 12.0. The molecular formula is C24H21Cl2N3O4S. The second kappa shape index (κ2) is 10.0. The highest BCUT2D eigenvalue weighted by atomic mass is 35.5. The van der Waals surface area contributed by atoms with Crippen molar-refractivity contribution in [2.75, 3.05) is 12.4 Å². The van der Waals surface area contributed by atoms with Crippen LogP contribution in [0.3, 0.4) is 0 Å². The zero-order chi connectivity index (χ0) is 24.4. The van der Waals surface area contributed by atoms with Crippen LogP contribution in [-0.2, 0) is 17.9 Å². The molecule has 0 unspecified atom stereocenters. The third-order valence-electron chi connectivity index (χ3n) is 5.30. The maximum Gasteiger partial charge on any atom is 0.338 e. The molecule has 0 atom stereocenters. The lowest BCUT2D eigenvalue weighted by Crippen LogP contribution is -2.17. The van der Waals surface area contributed by atoms with Crippen molar-refractivity contribution in [2.24, 2.45) is 0 Å². The number of ether oxygens (including phenoxy) is 2. The number of hydrogen-bond donors (Lipinski definition) is 1. The predicted molar refractivity (Wildman–Crippen MR) is 135 cm³/mol. The lowest BCUT2D eigenvalue weighted by atomic mass is 10.2. The number of fused-ring (bicyclic) bond motifs is 1. The van der Waals surface area contributed by atoms with E-state index >= 15 is 0 Å². The Hall–Kier alpha value is -3.07. The summed E-state index contributed by atoms with van der Waals surface area (Å²) in [5.41, 5.74) is 2.91. The maximum atomic E-state index is 12.9. The molecule has 0 fully saturated rings. The van der Waals surface area contributed by atoms with Gasteiger partial charge in [0.05, 0.1) is 32.9 Å². The number of carbonyl (C=O) groups is 2. The Kier molecular flexibility index (Phi) is 7.11. The number of nitrogens with one attached hydrogen (secondary N) is 1. The fourth-order valence-electron chi connectivity index (χ4n) is 3.50. The lowest BCUT2D eigenvalue weighted by molar-refractivity contribution is 0.0473. The molecule has 2 aromatic carbocycles. The number of nitrogens with zero attached hydrogens (tertiary/aromatic N) is 2. The summed E-state index contributed by atoms with van der Waals surface area (Å²) in [5.74, 6) is -0.119. The lowest BCUT2D eigenvalue weighted by Gasteiger charge is -2.08. The number of thiazole rings is 1. The van der Waals surface area contributed by atoms with E-state index in [0.29, 0.717) is 27.8 Å². The van der Waals surface area contributed by atoms with Crippen LogP contribution in [0.1, 0.15) is 39.0 Å². The number of esters is 1. The number of carbonyl (C=O) groups excluding carboxylic acids is 2. The summed E-state index contributed by atoms with van der Waals surface area (Å²) in [7, 11) is 1.59. The average Bonchev–Trinajstić information content (AvgIpc) is 3.34. The number of methoxy groups -OCH3 is 1. The van der Waals surface area contributed by atoms with E-state index in [2.05, 4.69) is 10.3 Å². The van der Waals surface area contributed by atoms with Gasteiger partial charge in [-0.15, -0.1) is 0 Å². The largest absolute Gasteiger partial charge is 0.497 e. The highest BCUT2D eigenvalue weighted by Crippen LogP contribution is 2.34. The number of amides is 1. The van der Waals surface area contributed by atoms with Gasteiger partial charge in [0.25, 0.3) is 5.91 Å². The molecule has 4 rings (SSSR count). The number of hydrogen-bond acceptors (Lipinski definition) is 6. The minimum absolute atomic E-state index is 0.144. The smallest absolute Gasteiger partial charge is 0.338 e. The van der Waals surface area contributed by atoms with Crippen molar-refractivity contribution >= 4 is 61.8 Å². The molecule has 4 aromatic rings. The van der Waals surface area contributed by atoms with Gasteiger partial charge >= 0.3 is 5.97 Å². The van der Waals surface area contributed by atoms with Gasteiger partial charge in [-0.1, -0.05) is 46.7 Å². The van der Waals surface area contributed by atoms with Crippen molar-refractivity contribution in [1.29, 1.82) is 0 Å². The van der Waals surface area contributed by atoms with Gasteiger partial charge in [-0.2, -0.15) is 0 Å². The van der Waals surface area contributed by atoms with E-state index in [1.165, 1.54) is 11.3 Å². The van der Waals surface area contributed by atoms with E-state index in [9.17, 15) is 9.59 Å². The van der Waals surface area contributed by atoms with Gasteiger partial charge in [0.1, 0.15) is 18.1 Å². The molecule has 0 saturated carbocycles. The molecule has 176 valence electrons. The Morgan fingerprint density at radius 2 is 1.85 bits per heavy atom. The third kappa shape index (κ3) is 4.75. The van der Waals surface area contributed by atoms with E-state index in [1.54, 1.807) is 36.8 Å². The fourth-order valence-corrected chi connectivity index (χ4v) is 4.92. The summed E-state index contributed by atoms with van der Waals surface area (Å²) in [6.07, 6.45) is 0. The van der Waals surface area contributed by atoms with Gasteiger partial charge in [0, 0.05) is 12.2 Å². The number of aromatic nitrogens is 2. The molecule has 1 amide bonds. The van der Waals surface area contributed by atoms with Crippen LogP contribution < -0.4 is 10.1 Å². The SMILES string of the molecule is CCn1c(C)c(Cl)c(Cl)c1C(=O)Nc1nc2ccc(C(=O)OCc3ccc(OC)cc3)cc2s1. The summed E-state index contributed by atoms with van der Waals surface area (Å²) in [6.45, 7) is 4.40. The molecule has 34 heavy (non-hydrogen) atoms. The fraction of sp³-hybridized carbons (Fsp3) is 0.208. The summed E-state index contributed by atoms with van der Waals surface area (Å²) in [5, 5.41) is 3.74. The Labute approximate surface area is 210 Å². The van der Waals surface area contributed by atoms with Crippen LogP contribution in [0.15, 0.2) is 42.5 Å². The molecule has 0 aliphatic heterocycles. The van der Waals surface area contributed by atoms with Gasteiger partial charge in [-0.3, -0.25) is 10.1 Å². The van der Waals surface area contributed by atoms with Crippen LogP contribution in [0.5, 0.6) is 5.75 Å². The van der Waals surface area contributed by atoms with E-state index in [4.69, 9.17) is 32.7 Å². The Morgan fingerprint density at radius 1 is 1.12 bits per heavy atom. The molecule has 0 aliphatic carbocycles. The van der Waals surface area contributed by atoms with Crippen molar-refractivity contribution < 1.29 is 19.1 Å². The molecule has 0 saturated heterocycles. The average molecular weight is 518 g/mol. The van der Waals surface area contributed by atoms with Crippen molar-refractivity contribution in [2.45, 2.75) is 27.0 Å². The molecule has 1 N–H and O–H groups in total. The van der Waals surface area contributed by atoms with Gasteiger partial charge in [-0.25, -0.2) is 9.78 Å². The topological polar surface area (TPSA) is 82.5 Å². The summed E-state index contributed by atoms with van der Waals surface area (Å²) >= 11 is 13.8. The van der Waals surface area contributed by atoms with Crippen LogP contribution in [-0.4, -0.2) is 28.5 Å². The van der Waals surface area contributed by atoms with E-state index in [1.807, 2.05) is 31.2 Å². The first-order valence-electron chi connectivity index (χ1n) is 10.4. The first kappa shape index (κ1) is 24.1. The van der Waals surface area contributed by atoms with E-state index < -0.39 is 11.9 Å². The molecule has 0 bridgehead atoms. The third-order valence-corrected chi connectivity index (χ3v) is 7.16. The summed E-state index contributed by atoms with van der Waals surface area (Å²) < 4.78 is 13.0. The van der Waals surface area contributed by atoms with Crippen molar-refractivity contribution in [1.82, 2.24) is 9.55 Å². The quantitative estimate of drug-likeness (QED) is 0.288. The highest BCUT2D eigenvalue weighted by Gasteiger charge is 2.23.